The molecule has 2 heterocycles. The van der Waals surface area contributed by atoms with Gasteiger partial charge in [-0.2, -0.15) is 0 Å². The van der Waals surface area contributed by atoms with Crippen LogP contribution in [0.4, 0.5) is 0 Å². The van der Waals surface area contributed by atoms with Gasteiger partial charge in [0.2, 0.25) is 10.0 Å². The maximum Gasteiger partial charge on any atom is 0.320 e. The lowest BCUT2D eigenvalue weighted by Gasteiger charge is -2.18. The fraction of sp³-hybridized carbons (Fsp3) is 0.378. The minimum Gasteiger partial charge on any atom is -0.494 e. The second kappa shape index (κ2) is 17.3. The summed E-state index contributed by atoms with van der Waals surface area (Å²) in [7, 11) is -4.48. The second-order valence-corrected chi connectivity index (χ2v) is 15.8. The van der Waals surface area contributed by atoms with Gasteiger partial charge in [0.05, 0.1) is 11.5 Å². The van der Waals surface area contributed by atoms with Crippen LogP contribution in [0.1, 0.15) is 79.9 Å². The molecule has 4 aromatic rings. The molecule has 2 aromatic carbocycles. The van der Waals surface area contributed by atoms with Crippen molar-refractivity contribution >= 4 is 39.1 Å². The molecule has 0 fully saturated rings. The second-order valence-electron chi connectivity index (χ2n) is 13.0. The van der Waals surface area contributed by atoms with Crippen LogP contribution in [0, 0.1) is 0 Å². The third kappa shape index (κ3) is 11.5. The Morgan fingerprint density at radius 2 is 1.50 bits per heavy atom. The molecular weight excluding hydrogens is 677 g/mol. The van der Waals surface area contributed by atoms with Crippen molar-refractivity contribution in [2.24, 2.45) is 0 Å². The van der Waals surface area contributed by atoms with Crippen LogP contribution in [0.5, 0.6) is 5.75 Å². The number of nitrogens with zero attached hydrogens (tertiary/aromatic N) is 2. The number of hydrogen-bond acceptors (Lipinski definition) is 9. The van der Waals surface area contributed by atoms with E-state index >= 15 is 0 Å². The van der Waals surface area contributed by atoms with Crippen LogP contribution in [0.25, 0.3) is 22.5 Å². The van der Waals surface area contributed by atoms with E-state index in [1.807, 2.05) is 51.1 Å². The number of benzene rings is 2. The Balaban J connectivity index is 1.42. The number of carbonyl (C=O) groups is 3. The van der Waals surface area contributed by atoms with Crippen LogP contribution in [0.15, 0.2) is 73.1 Å². The average Bonchev–Trinajstić information content (AvgIpc) is 3.58. The van der Waals surface area contributed by atoms with Gasteiger partial charge in [0, 0.05) is 34.8 Å². The van der Waals surface area contributed by atoms with Gasteiger partial charge in [-0.3, -0.25) is 19.1 Å². The van der Waals surface area contributed by atoms with Gasteiger partial charge in [-0.25, -0.2) is 18.4 Å². The van der Waals surface area contributed by atoms with Crippen LogP contribution in [-0.4, -0.2) is 59.7 Å². The van der Waals surface area contributed by atoms with Crippen molar-refractivity contribution in [1.29, 1.82) is 0 Å². The fourth-order valence-corrected chi connectivity index (χ4v) is 6.83. The van der Waals surface area contributed by atoms with Crippen molar-refractivity contribution in [3.8, 4) is 28.3 Å². The number of nitrogens with one attached hydrogen (secondary N) is 2. The molecular formula is C37H44N4O7S2. The van der Waals surface area contributed by atoms with E-state index < -0.39 is 39.6 Å². The molecule has 1 atom stereocenters. The largest absolute Gasteiger partial charge is 0.494 e. The van der Waals surface area contributed by atoms with Gasteiger partial charge in [-0.15, -0.1) is 11.3 Å². The van der Waals surface area contributed by atoms with Crippen molar-refractivity contribution in [2.75, 3.05) is 12.4 Å². The topological polar surface area (TPSA) is 165 Å². The molecule has 50 heavy (non-hydrogen) atoms. The zero-order valence-corrected chi connectivity index (χ0v) is 30.4. The Bertz CT molecular complexity index is 1850. The molecule has 266 valence electrons. The first-order chi connectivity index (χ1) is 23.7. The molecule has 2 amide bonds. The van der Waals surface area contributed by atoms with E-state index in [0.29, 0.717) is 28.4 Å². The van der Waals surface area contributed by atoms with Gasteiger partial charge in [0.25, 0.3) is 11.8 Å². The summed E-state index contributed by atoms with van der Waals surface area (Å²) in [5.41, 5.74) is 2.94. The molecule has 0 saturated heterocycles. The zero-order chi connectivity index (χ0) is 36.3. The number of rotatable bonds is 17. The van der Waals surface area contributed by atoms with Crippen molar-refractivity contribution < 1.29 is 32.6 Å². The molecule has 0 aliphatic carbocycles. The average molecular weight is 721 g/mol. The SMILES string of the molecule is CCCCCCCOc1ccc(-c2cnc(-c3ccc(C[C@H](NC(=O)c4ccc(C(C)(C)C)s4)C(=O)NS(=O)(=O)CC(=O)O)cc3)nc2)cc1. The van der Waals surface area contributed by atoms with E-state index in [1.165, 1.54) is 37.0 Å². The Kier molecular flexibility index (Phi) is 13.3. The number of carboxylic acids is 1. The van der Waals surface area contributed by atoms with E-state index in [9.17, 15) is 22.8 Å². The maximum atomic E-state index is 13.2. The van der Waals surface area contributed by atoms with Crippen molar-refractivity contribution in [3.63, 3.8) is 0 Å². The molecule has 0 aliphatic heterocycles. The number of unbranched alkanes of at least 4 members (excludes halogenated alkanes) is 4. The van der Waals surface area contributed by atoms with Gasteiger partial charge < -0.3 is 15.2 Å². The number of thiophene rings is 1. The summed E-state index contributed by atoms with van der Waals surface area (Å²) in [6.07, 6.45) is 9.34. The predicted octanol–water partition coefficient (Wildman–Crippen LogP) is 6.39. The number of sulfonamides is 1. The highest BCUT2D eigenvalue weighted by atomic mass is 32.2. The summed E-state index contributed by atoms with van der Waals surface area (Å²) in [5.74, 6) is -3.19. The number of carboxylic acid groups (broad SMARTS) is 1. The number of ether oxygens (including phenoxy) is 1. The molecule has 0 spiro atoms. The number of aromatic nitrogens is 2. The first-order valence-corrected chi connectivity index (χ1v) is 19.0. The Morgan fingerprint density at radius 3 is 2.10 bits per heavy atom. The summed E-state index contributed by atoms with van der Waals surface area (Å²) >= 11 is 1.28. The molecule has 0 saturated carbocycles. The van der Waals surface area contributed by atoms with E-state index in [4.69, 9.17) is 9.84 Å². The zero-order valence-electron chi connectivity index (χ0n) is 28.8. The van der Waals surface area contributed by atoms with Gasteiger partial charge in [0.15, 0.2) is 11.6 Å². The molecule has 0 unspecified atom stereocenters. The Labute approximate surface area is 297 Å². The van der Waals surface area contributed by atoms with Crippen LogP contribution < -0.4 is 14.8 Å². The minimum absolute atomic E-state index is 0.0592. The monoisotopic (exact) mass is 720 g/mol. The first kappa shape index (κ1) is 38.2. The quantitative estimate of drug-likeness (QED) is 0.105. The lowest BCUT2D eigenvalue weighted by Crippen LogP contribution is -2.50. The van der Waals surface area contributed by atoms with Crippen LogP contribution in [0.2, 0.25) is 0 Å². The Hall–Kier alpha value is -4.62. The lowest BCUT2D eigenvalue weighted by molar-refractivity contribution is -0.134. The molecule has 0 aliphatic rings. The maximum absolute atomic E-state index is 13.2. The van der Waals surface area contributed by atoms with Gasteiger partial charge in [0.1, 0.15) is 11.8 Å². The van der Waals surface area contributed by atoms with E-state index in [-0.39, 0.29) is 11.8 Å². The summed E-state index contributed by atoms with van der Waals surface area (Å²) in [4.78, 5) is 47.6. The van der Waals surface area contributed by atoms with Gasteiger partial charge in [-0.05, 0) is 47.2 Å². The highest BCUT2D eigenvalue weighted by molar-refractivity contribution is 7.90. The highest BCUT2D eigenvalue weighted by Gasteiger charge is 2.28. The molecule has 3 N–H and O–H groups in total. The number of hydrogen-bond donors (Lipinski definition) is 3. The van der Waals surface area contributed by atoms with Crippen LogP contribution in [-0.2, 0) is 31.4 Å². The molecule has 11 nitrogen and oxygen atoms in total. The van der Waals surface area contributed by atoms with Crippen LogP contribution in [0.3, 0.4) is 0 Å². The number of amides is 2. The summed E-state index contributed by atoms with van der Waals surface area (Å²) in [5, 5.41) is 11.6. The summed E-state index contributed by atoms with van der Waals surface area (Å²) in [6, 6.07) is 17.0. The van der Waals surface area contributed by atoms with E-state index in [0.717, 1.165) is 28.2 Å². The smallest absolute Gasteiger partial charge is 0.320 e. The van der Waals surface area contributed by atoms with Gasteiger partial charge >= 0.3 is 5.97 Å². The van der Waals surface area contributed by atoms with Gasteiger partial charge in [-0.1, -0.05) is 89.8 Å². The molecule has 13 heteroatoms. The van der Waals surface area contributed by atoms with E-state index in [2.05, 4.69) is 22.2 Å². The molecule has 0 radical (unpaired) electrons. The normalized spacial score (nSPS) is 12.2. The van der Waals surface area contributed by atoms with E-state index in [1.54, 1.807) is 47.4 Å². The standard InChI is InChI=1S/C37H44N4O7S2/c1-5-6-7-8-9-20-48-29-16-14-26(15-17-29)28-22-38-34(39-23-28)27-12-10-25(11-13-27)21-30(35(44)41-50(46,47)24-33(42)43)40-36(45)31-18-19-32(49-31)37(2,3)4/h10-19,22-23,30H,5-9,20-21,24H2,1-4H3,(H,40,45)(H,41,44)(H,42,43)/t30-/m0/s1. The summed E-state index contributed by atoms with van der Waals surface area (Å²) < 4.78 is 32.1. The van der Waals surface area contributed by atoms with Crippen molar-refractivity contribution in [2.45, 2.75) is 77.7 Å². The number of carbonyl (C=O) groups excluding carboxylic acids is 2. The summed E-state index contributed by atoms with van der Waals surface area (Å²) in [6.45, 7) is 8.94. The van der Waals surface area contributed by atoms with Crippen molar-refractivity contribution in [3.05, 3.63) is 88.4 Å². The third-order valence-electron chi connectivity index (χ3n) is 7.77. The minimum atomic E-state index is -4.48. The first-order valence-electron chi connectivity index (χ1n) is 16.6. The third-order valence-corrected chi connectivity index (χ3v) is 10.4. The molecule has 0 bridgehead atoms. The Morgan fingerprint density at radius 1 is 0.860 bits per heavy atom. The fourth-order valence-electron chi connectivity index (χ4n) is 5.02. The highest BCUT2D eigenvalue weighted by Crippen LogP contribution is 2.29. The predicted molar refractivity (Wildman–Crippen MR) is 195 cm³/mol. The van der Waals surface area contributed by atoms with Crippen LogP contribution >= 0.6 is 11.3 Å². The lowest BCUT2D eigenvalue weighted by atomic mass is 9.95. The van der Waals surface area contributed by atoms with Crippen molar-refractivity contribution in [1.82, 2.24) is 20.0 Å². The number of aliphatic carboxylic acids is 1. The molecule has 4 rings (SSSR count). The molecule has 2 aromatic heterocycles.